The van der Waals surface area contributed by atoms with Crippen LogP contribution in [-0.4, -0.2) is 29.3 Å². The molecule has 0 aliphatic carbocycles. The number of carbonyl (C=O) groups is 2. The van der Waals surface area contributed by atoms with Crippen LogP contribution in [-0.2, 0) is 9.59 Å². The molecule has 0 aliphatic heterocycles. The predicted molar refractivity (Wildman–Crippen MR) is 65.4 cm³/mol. The van der Waals surface area contributed by atoms with E-state index in [4.69, 9.17) is 14.9 Å². The van der Waals surface area contributed by atoms with Gasteiger partial charge in [-0.25, -0.2) is 0 Å². The first-order chi connectivity index (χ1) is 8.40. The molecule has 0 atom stereocenters. The average Bonchev–Trinajstić information content (AvgIpc) is 2.36. The van der Waals surface area contributed by atoms with Gasteiger partial charge in [0.05, 0.1) is 7.11 Å². The van der Waals surface area contributed by atoms with Crippen molar-refractivity contribution in [1.82, 2.24) is 0 Å². The van der Waals surface area contributed by atoms with E-state index in [0.717, 1.165) is 13.0 Å². The van der Waals surface area contributed by atoms with Crippen LogP contribution in [0.3, 0.4) is 0 Å². The fourth-order valence-corrected chi connectivity index (χ4v) is 1.21. The normalized spacial score (nSPS) is 11.4. The molecule has 0 unspecified atom stereocenters. The molecule has 0 radical (unpaired) electrons. The van der Waals surface area contributed by atoms with Gasteiger partial charge in [0.15, 0.2) is 5.41 Å². The van der Waals surface area contributed by atoms with Gasteiger partial charge in [-0.05, 0) is 24.6 Å². The van der Waals surface area contributed by atoms with E-state index in [1.54, 1.807) is 24.3 Å². The number of methoxy groups -OCH3 is 1. The van der Waals surface area contributed by atoms with Crippen molar-refractivity contribution in [2.24, 2.45) is 5.41 Å². The molecule has 0 heterocycles. The summed E-state index contributed by atoms with van der Waals surface area (Å²) >= 11 is 0. The molecular weight excluding hydrogens is 236 g/mol. The van der Waals surface area contributed by atoms with Crippen LogP contribution in [0, 0.1) is 5.41 Å². The Morgan fingerprint density at radius 2 is 1.67 bits per heavy atom. The smallest absolute Gasteiger partial charge is 0.324 e. The predicted octanol–water partition coefficient (Wildman–Crippen LogP) is 1.88. The van der Waals surface area contributed by atoms with Crippen LogP contribution >= 0.6 is 0 Å². The Labute approximate surface area is 104 Å². The first kappa shape index (κ1) is 13.8. The van der Waals surface area contributed by atoms with Gasteiger partial charge in [-0.15, -0.1) is 0 Å². The third-order valence-electron chi connectivity index (χ3n) is 2.61. The van der Waals surface area contributed by atoms with Crippen LogP contribution in [0.15, 0.2) is 30.3 Å². The monoisotopic (exact) mass is 250 g/mol. The van der Waals surface area contributed by atoms with E-state index >= 15 is 0 Å². The molecule has 96 valence electrons. The topological polar surface area (TPSA) is 83.8 Å². The molecule has 2 N–H and O–H groups in total. The minimum atomic E-state index is -1.93. The van der Waals surface area contributed by atoms with Crippen LogP contribution in [0.25, 0.3) is 6.08 Å². The summed E-state index contributed by atoms with van der Waals surface area (Å²) in [4.78, 5) is 21.9. The molecule has 1 aromatic rings. The van der Waals surface area contributed by atoms with E-state index in [9.17, 15) is 9.59 Å². The van der Waals surface area contributed by atoms with Crippen molar-refractivity contribution in [3.05, 3.63) is 35.9 Å². The molecule has 0 aliphatic rings. The number of carboxylic acids is 2. The fourth-order valence-electron chi connectivity index (χ4n) is 1.21. The zero-order valence-electron chi connectivity index (χ0n) is 10.1. The lowest BCUT2D eigenvalue weighted by Gasteiger charge is -2.14. The van der Waals surface area contributed by atoms with Crippen molar-refractivity contribution in [2.45, 2.75) is 6.92 Å². The maximum absolute atomic E-state index is 10.9. The Bertz CT molecular complexity index is 459. The molecule has 5 nitrogen and oxygen atoms in total. The third-order valence-corrected chi connectivity index (χ3v) is 2.61. The van der Waals surface area contributed by atoms with Crippen LogP contribution < -0.4 is 4.74 Å². The van der Waals surface area contributed by atoms with Gasteiger partial charge < -0.3 is 14.9 Å². The van der Waals surface area contributed by atoms with E-state index in [1.807, 2.05) is 0 Å². The Balaban J connectivity index is 2.96. The van der Waals surface area contributed by atoms with Crippen LogP contribution in [0.4, 0.5) is 0 Å². The summed E-state index contributed by atoms with van der Waals surface area (Å²) in [5, 5.41) is 17.8. The molecule has 0 amide bonds. The number of hydrogen-bond acceptors (Lipinski definition) is 3. The summed E-state index contributed by atoms with van der Waals surface area (Å²) in [5.74, 6) is -2.13. The molecule has 5 heteroatoms. The number of rotatable bonds is 5. The standard InChI is InChI=1S/C13H14O5/c1-13(11(14)15,12(16)17)8-7-9-3-5-10(18-2)6-4-9/h3-8H,1-2H3,(H,14,15)(H,16,17). The highest BCUT2D eigenvalue weighted by Crippen LogP contribution is 2.21. The first-order valence-electron chi connectivity index (χ1n) is 5.20. The molecule has 0 bridgehead atoms. The summed E-state index contributed by atoms with van der Waals surface area (Å²) in [6.07, 6.45) is 2.61. The van der Waals surface area contributed by atoms with Gasteiger partial charge >= 0.3 is 11.9 Å². The summed E-state index contributed by atoms with van der Waals surface area (Å²) < 4.78 is 4.98. The third kappa shape index (κ3) is 2.88. The highest BCUT2D eigenvalue weighted by Gasteiger charge is 2.38. The lowest BCUT2D eigenvalue weighted by atomic mass is 9.90. The molecule has 0 aromatic heterocycles. The fraction of sp³-hybridized carbons (Fsp3) is 0.231. The van der Waals surface area contributed by atoms with Gasteiger partial charge in [-0.1, -0.05) is 24.3 Å². The number of hydrogen-bond donors (Lipinski definition) is 2. The largest absolute Gasteiger partial charge is 0.497 e. The first-order valence-corrected chi connectivity index (χ1v) is 5.20. The van der Waals surface area contributed by atoms with Gasteiger partial charge in [-0.3, -0.25) is 9.59 Å². The summed E-state index contributed by atoms with van der Waals surface area (Å²) in [7, 11) is 1.54. The highest BCUT2D eigenvalue weighted by atomic mass is 16.5. The van der Waals surface area contributed by atoms with Gasteiger partial charge in [0, 0.05) is 0 Å². The lowest BCUT2D eigenvalue weighted by Crippen LogP contribution is -2.34. The second-order valence-electron chi connectivity index (χ2n) is 3.92. The highest BCUT2D eigenvalue weighted by molar-refractivity contribution is 6.00. The van der Waals surface area contributed by atoms with E-state index in [1.165, 1.54) is 13.2 Å². The molecule has 0 spiro atoms. The van der Waals surface area contributed by atoms with Crippen molar-refractivity contribution in [2.75, 3.05) is 7.11 Å². The van der Waals surface area contributed by atoms with E-state index < -0.39 is 17.4 Å². The number of benzene rings is 1. The minimum absolute atomic E-state index is 0.673. The van der Waals surface area contributed by atoms with Crippen molar-refractivity contribution in [3.63, 3.8) is 0 Å². The molecule has 0 fully saturated rings. The summed E-state index contributed by atoms with van der Waals surface area (Å²) in [6.45, 7) is 1.14. The number of ether oxygens (including phenoxy) is 1. The van der Waals surface area contributed by atoms with Gasteiger partial charge in [-0.2, -0.15) is 0 Å². The van der Waals surface area contributed by atoms with Crippen LogP contribution in [0.2, 0.25) is 0 Å². The lowest BCUT2D eigenvalue weighted by molar-refractivity contribution is -0.159. The molecule has 1 aromatic carbocycles. The SMILES string of the molecule is COc1ccc(C=CC(C)(C(=O)O)C(=O)O)cc1. The zero-order chi connectivity index (χ0) is 13.8. The molecule has 18 heavy (non-hydrogen) atoms. The quantitative estimate of drug-likeness (QED) is 0.779. The maximum atomic E-state index is 10.9. The molecular formula is C13H14O5. The summed E-state index contributed by atoms with van der Waals surface area (Å²) in [5.41, 5.74) is -1.23. The van der Waals surface area contributed by atoms with Crippen molar-refractivity contribution in [3.8, 4) is 5.75 Å². The zero-order valence-corrected chi connectivity index (χ0v) is 10.1. The Morgan fingerprint density at radius 1 is 1.17 bits per heavy atom. The van der Waals surface area contributed by atoms with E-state index in [-0.39, 0.29) is 0 Å². The van der Waals surface area contributed by atoms with E-state index in [0.29, 0.717) is 11.3 Å². The van der Waals surface area contributed by atoms with Gasteiger partial charge in [0.1, 0.15) is 5.75 Å². The second-order valence-corrected chi connectivity index (χ2v) is 3.92. The van der Waals surface area contributed by atoms with Crippen molar-refractivity contribution >= 4 is 18.0 Å². The molecule has 1 rings (SSSR count). The van der Waals surface area contributed by atoms with Gasteiger partial charge in [0.2, 0.25) is 0 Å². The Morgan fingerprint density at radius 3 is 2.06 bits per heavy atom. The molecule has 0 saturated heterocycles. The van der Waals surface area contributed by atoms with E-state index in [2.05, 4.69) is 0 Å². The second kappa shape index (κ2) is 5.35. The van der Waals surface area contributed by atoms with Gasteiger partial charge in [0.25, 0.3) is 0 Å². The Hall–Kier alpha value is -2.30. The van der Waals surface area contributed by atoms with Crippen molar-refractivity contribution < 1.29 is 24.5 Å². The minimum Gasteiger partial charge on any atom is -0.497 e. The Kier molecular flexibility index (Phi) is 4.09. The number of aliphatic carboxylic acids is 2. The van der Waals surface area contributed by atoms with Crippen molar-refractivity contribution in [1.29, 1.82) is 0 Å². The van der Waals surface area contributed by atoms with Crippen LogP contribution in [0.1, 0.15) is 12.5 Å². The summed E-state index contributed by atoms with van der Waals surface area (Å²) in [6, 6.07) is 6.83. The average molecular weight is 250 g/mol. The maximum Gasteiger partial charge on any atom is 0.324 e. The number of carboxylic acid groups (broad SMARTS) is 2. The molecule has 0 saturated carbocycles. The van der Waals surface area contributed by atoms with Crippen LogP contribution in [0.5, 0.6) is 5.75 Å².